The molecule has 3 nitrogen and oxygen atoms in total. The van der Waals surface area contributed by atoms with Crippen LogP contribution in [-0.4, -0.2) is 11.1 Å². The third kappa shape index (κ3) is 2.08. The van der Waals surface area contributed by atoms with Crippen molar-refractivity contribution in [1.82, 2.24) is 0 Å². The fourth-order valence-electron chi connectivity index (χ4n) is 2.60. The van der Waals surface area contributed by atoms with Crippen LogP contribution in [0.2, 0.25) is 0 Å². The van der Waals surface area contributed by atoms with Gasteiger partial charge in [0, 0.05) is 17.5 Å². The Morgan fingerprint density at radius 1 is 1.16 bits per heavy atom. The van der Waals surface area contributed by atoms with Gasteiger partial charge in [-0.3, -0.25) is 4.79 Å². The molecule has 2 aromatic rings. The fraction of sp³-hybridized carbons (Fsp3) is 0.188. The molecule has 0 saturated heterocycles. The monoisotopic (exact) mass is 254 g/mol. The van der Waals surface area contributed by atoms with Gasteiger partial charge in [-0.05, 0) is 24.1 Å². The van der Waals surface area contributed by atoms with Crippen LogP contribution in [-0.2, 0) is 4.79 Å². The highest BCUT2D eigenvalue weighted by molar-refractivity contribution is 5.78. The van der Waals surface area contributed by atoms with E-state index in [4.69, 9.17) is 4.74 Å². The first-order valence-electron chi connectivity index (χ1n) is 6.24. The van der Waals surface area contributed by atoms with Crippen molar-refractivity contribution in [2.45, 2.75) is 19.3 Å². The van der Waals surface area contributed by atoms with Crippen LogP contribution in [0.3, 0.4) is 0 Å². The number of ether oxygens (including phenoxy) is 1. The standard InChI is InChI=1S/C16H14O3/c1-10-4-2-3-5-12(10)14-9-16(18)19-15-8-11(17)6-7-13(14)15/h2-8,14,17H,9H2,1H3/t14-/m1/s1. The van der Waals surface area contributed by atoms with E-state index in [9.17, 15) is 9.90 Å². The molecular weight excluding hydrogens is 240 g/mol. The number of phenolic OH excluding ortho intramolecular Hbond substituents is 1. The number of fused-ring (bicyclic) bond motifs is 1. The molecule has 0 aromatic heterocycles. The number of benzene rings is 2. The Labute approximate surface area is 111 Å². The topological polar surface area (TPSA) is 46.5 Å². The molecule has 1 atom stereocenters. The molecule has 0 aliphatic carbocycles. The molecule has 1 heterocycles. The van der Waals surface area contributed by atoms with Crippen molar-refractivity contribution in [1.29, 1.82) is 0 Å². The molecule has 1 aliphatic rings. The molecule has 0 saturated carbocycles. The molecule has 0 spiro atoms. The zero-order chi connectivity index (χ0) is 13.4. The highest BCUT2D eigenvalue weighted by Gasteiger charge is 2.29. The highest BCUT2D eigenvalue weighted by Crippen LogP contribution is 2.40. The normalized spacial score (nSPS) is 17.7. The first-order chi connectivity index (χ1) is 9.15. The highest BCUT2D eigenvalue weighted by atomic mass is 16.5. The lowest BCUT2D eigenvalue weighted by Crippen LogP contribution is -2.21. The second-order valence-electron chi connectivity index (χ2n) is 4.81. The maximum Gasteiger partial charge on any atom is 0.312 e. The lowest BCUT2D eigenvalue weighted by molar-refractivity contribution is -0.135. The van der Waals surface area contributed by atoms with Crippen LogP contribution >= 0.6 is 0 Å². The molecular formula is C16H14O3. The van der Waals surface area contributed by atoms with Gasteiger partial charge in [-0.2, -0.15) is 0 Å². The van der Waals surface area contributed by atoms with Crippen LogP contribution in [0.5, 0.6) is 11.5 Å². The Morgan fingerprint density at radius 2 is 1.95 bits per heavy atom. The van der Waals surface area contributed by atoms with E-state index < -0.39 is 0 Å². The first-order valence-corrected chi connectivity index (χ1v) is 6.24. The molecule has 2 aromatic carbocycles. The molecule has 3 rings (SSSR count). The third-order valence-corrected chi connectivity index (χ3v) is 3.53. The van der Waals surface area contributed by atoms with E-state index in [-0.39, 0.29) is 17.6 Å². The SMILES string of the molecule is Cc1ccccc1[C@H]1CC(=O)Oc2cc(O)ccc21. The van der Waals surface area contributed by atoms with Crippen LogP contribution in [0, 0.1) is 6.92 Å². The Kier molecular flexibility index (Phi) is 2.75. The number of carbonyl (C=O) groups excluding carboxylic acids is 1. The van der Waals surface area contributed by atoms with Gasteiger partial charge in [0.15, 0.2) is 0 Å². The molecule has 1 aliphatic heterocycles. The van der Waals surface area contributed by atoms with Crippen molar-refractivity contribution < 1.29 is 14.6 Å². The second-order valence-corrected chi connectivity index (χ2v) is 4.81. The minimum absolute atomic E-state index is 0.00181. The summed E-state index contributed by atoms with van der Waals surface area (Å²) in [5.41, 5.74) is 3.24. The summed E-state index contributed by atoms with van der Waals surface area (Å²) in [5, 5.41) is 9.49. The fourth-order valence-corrected chi connectivity index (χ4v) is 2.60. The molecule has 3 heteroatoms. The number of phenols is 1. The zero-order valence-electron chi connectivity index (χ0n) is 10.6. The molecule has 0 unspecified atom stereocenters. The van der Waals surface area contributed by atoms with Crippen LogP contribution < -0.4 is 4.74 Å². The van der Waals surface area contributed by atoms with E-state index in [1.54, 1.807) is 6.07 Å². The lowest BCUT2D eigenvalue weighted by atomic mass is 9.84. The maximum absolute atomic E-state index is 11.7. The lowest BCUT2D eigenvalue weighted by Gasteiger charge is -2.26. The summed E-state index contributed by atoms with van der Waals surface area (Å²) in [6.07, 6.45) is 0.336. The van der Waals surface area contributed by atoms with Gasteiger partial charge >= 0.3 is 5.97 Å². The van der Waals surface area contributed by atoms with E-state index in [1.807, 2.05) is 37.3 Å². The second kappa shape index (κ2) is 4.43. The zero-order valence-corrected chi connectivity index (χ0v) is 10.6. The summed E-state index contributed by atoms with van der Waals surface area (Å²) in [6, 6.07) is 13.0. The number of aromatic hydroxyl groups is 1. The van der Waals surface area contributed by atoms with Crippen molar-refractivity contribution >= 4 is 5.97 Å². The van der Waals surface area contributed by atoms with Crippen molar-refractivity contribution in [2.75, 3.05) is 0 Å². The van der Waals surface area contributed by atoms with Crippen molar-refractivity contribution in [3.63, 3.8) is 0 Å². The van der Waals surface area contributed by atoms with Crippen LogP contribution in [0.25, 0.3) is 0 Å². The van der Waals surface area contributed by atoms with Gasteiger partial charge in [-0.1, -0.05) is 30.3 Å². The van der Waals surface area contributed by atoms with E-state index in [0.29, 0.717) is 12.2 Å². The summed E-state index contributed by atoms with van der Waals surface area (Å²) < 4.78 is 5.21. The largest absolute Gasteiger partial charge is 0.508 e. The number of aryl methyl sites for hydroxylation is 1. The average Bonchev–Trinajstić information content (AvgIpc) is 2.38. The molecule has 0 amide bonds. The van der Waals surface area contributed by atoms with Gasteiger partial charge in [0.1, 0.15) is 11.5 Å². The van der Waals surface area contributed by atoms with E-state index in [1.165, 1.54) is 6.07 Å². The number of hydrogen-bond donors (Lipinski definition) is 1. The average molecular weight is 254 g/mol. The first kappa shape index (κ1) is 11.8. The van der Waals surface area contributed by atoms with Crippen molar-refractivity contribution in [3.05, 3.63) is 59.2 Å². The predicted molar refractivity (Wildman–Crippen MR) is 71.4 cm³/mol. The van der Waals surface area contributed by atoms with E-state index in [0.717, 1.165) is 16.7 Å². The van der Waals surface area contributed by atoms with Gasteiger partial charge in [0.05, 0.1) is 6.42 Å². The Bertz CT molecular complexity index is 646. The van der Waals surface area contributed by atoms with Crippen molar-refractivity contribution in [2.24, 2.45) is 0 Å². The van der Waals surface area contributed by atoms with Crippen LogP contribution in [0.1, 0.15) is 29.0 Å². The number of esters is 1. The molecule has 0 bridgehead atoms. The summed E-state index contributed by atoms with van der Waals surface area (Å²) in [6.45, 7) is 2.04. The third-order valence-electron chi connectivity index (χ3n) is 3.53. The Hall–Kier alpha value is -2.29. The summed E-state index contributed by atoms with van der Waals surface area (Å²) in [4.78, 5) is 11.7. The maximum atomic E-state index is 11.7. The smallest absolute Gasteiger partial charge is 0.312 e. The van der Waals surface area contributed by atoms with Gasteiger partial charge < -0.3 is 9.84 Å². The quantitative estimate of drug-likeness (QED) is 0.628. The van der Waals surface area contributed by atoms with E-state index >= 15 is 0 Å². The molecule has 0 fully saturated rings. The molecule has 96 valence electrons. The summed E-state index contributed by atoms with van der Waals surface area (Å²) >= 11 is 0. The molecule has 1 N–H and O–H groups in total. The molecule has 0 radical (unpaired) electrons. The molecule has 19 heavy (non-hydrogen) atoms. The summed E-state index contributed by atoms with van der Waals surface area (Å²) in [7, 11) is 0. The van der Waals surface area contributed by atoms with Gasteiger partial charge in [-0.25, -0.2) is 0 Å². The number of rotatable bonds is 1. The number of carbonyl (C=O) groups is 1. The van der Waals surface area contributed by atoms with Crippen LogP contribution in [0.4, 0.5) is 0 Å². The Balaban J connectivity index is 2.14. The van der Waals surface area contributed by atoms with Crippen molar-refractivity contribution in [3.8, 4) is 11.5 Å². The predicted octanol–water partition coefficient (Wildman–Crippen LogP) is 3.14. The number of hydrogen-bond acceptors (Lipinski definition) is 3. The summed E-state index contributed by atoms with van der Waals surface area (Å²) in [5.74, 6) is 0.311. The van der Waals surface area contributed by atoms with Crippen LogP contribution in [0.15, 0.2) is 42.5 Å². The van der Waals surface area contributed by atoms with Gasteiger partial charge in [0.2, 0.25) is 0 Å². The Morgan fingerprint density at radius 3 is 2.74 bits per heavy atom. The minimum Gasteiger partial charge on any atom is -0.508 e. The van der Waals surface area contributed by atoms with Gasteiger partial charge in [0.25, 0.3) is 0 Å². The van der Waals surface area contributed by atoms with Gasteiger partial charge in [-0.15, -0.1) is 0 Å². The van der Waals surface area contributed by atoms with E-state index in [2.05, 4.69) is 0 Å². The minimum atomic E-state index is -0.258.